The van der Waals surface area contributed by atoms with Gasteiger partial charge >= 0.3 is 0 Å². The van der Waals surface area contributed by atoms with Gasteiger partial charge in [0.05, 0.1) is 13.2 Å². The fourth-order valence-electron chi connectivity index (χ4n) is 3.96. The van der Waals surface area contributed by atoms with E-state index in [1.54, 1.807) is 12.1 Å². The summed E-state index contributed by atoms with van der Waals surface area (Å²) in [7, 11) is 1.54. The number of benzene rings is 1. The monoisotopic (exact) mass is 410 g/mol. The minimum absolute atomic E-state index is 0.201. The molecule has 1 fully saturated rings. The summed E-state index contributed by atoms with van der Waals surface area (Å²) in [5, 5.41) is 16.6. The van der Waals surface area contributed by atoms with Gasteiger partial charge in [-0.25, -0.2) is 0 Å². The van der Waals surface area contributed by atoms with Crippen LogP contribution in [0.2, 0.25) is 0 Å². The Morgan fingerprint density at radius 2 is 2.10 bits per heavy atom. The van der Waals surface area contributed by atoms with Gasteiger partial charge in [-0.3, -0.25) is 9.69 Å². The summed E-state index contributed by atoms with van der Waals surface area (Å²) in [6, 6.07) is 12.2. The van der Waals surface area contributed by atoms with E-state index in [4.69, 9.17) is 4.74 Å². The first-order chi connectivity index (χ1) is 14.6. The number of anilines is 1. The van der Waals surface area contributed by atoms with Crippen LogP contribution in [0.15, 0.2) is 36.4 Å². The number of aromatic nitrogens is 1. The number of aliphatic hydroxyl groups is 1. The molecule has 2 aliphatic rings. The number of amides is 1. The number of β-amino-alcohol motifs (C(OH)–C–C–N with tert-alkyl or cyclic N) is 1. The fraction of sp³-hybridized carbons (Fsp3) is 0.478. The Balaban J connectivity index is 1.30. The van der Waals surface area contributed by atoms with E-state index in [1.165, 1.54) is 24.7 Å². The lowest BCUT2D eigenvalue weighted by Crippen LogP contribution is -2.42. The Morgan fingerprint density at radius 1 is 1.30 bits per heavy atom. The lowest BCUT2D eigenvalue weighted by molar-refractivity contribution is 0.0841. The lowest BCUT2D eigenvalue weighted by Gasteiger charge is -2.30. The fourth-order valence-corrected chi connectivity index (χ4v) is 3.96. The number of carbonyl (C=O) groups excluding carboxylic acids is 1. The molecule has 1 aliphatic carbocycles. The van der Waals surface area contributed by atoms with E-state index >= 15 is 0 Å². The van der Waals surface area contributed by atoms with E-state index in [9.17, 15) is 9.90 Å². The Kier molecular flexibility index (Phi) is 6.50. The highest BCUT2D eigenvalue weighted by atomic mass is 16.5. The smallest absolute Gasteiger partial charge is 0.251 e. The van der Waals surface area contributed by atoms with Crippen LogP contribution >= 0.6 is 0 Å². The second kappa shape index (κ2) is 9.45. The second-order valence-corrected chi connectivity index (χ2v) is 8.17. The van der Waals surface area contributed by atoms with Crippen molar-refractivity contribution >= 4 is 11.7 Å². The number of methoxy groups -OCH3 is 1. The van der Waals surface area contributed by atoms with Gasteiger partial charge in [0.2, 0.25) is 5.88 Å². The molecular formula is C23H30N4O3. The van der Waals surface area contributed by atoms with Crippen molar-refractivity contribution in [2.45, 2.75) is 44.4 Å². The maximum absolute atomic E-state index is 12.6. The molecule has 2 aromatic rings. The average molecular weight is 411 g/mol. The molecule has 1 amide bonds. The van der Waals surface area contributed by atoms with Crippen molar-refractivity contribution < 1.29 is 14.6 Å². The van der Waals surface area contributed by atoms with Crippen LogP contribution in [-0.2, 0) is 13.0 Å². The number of ether oxygens (including phenoxy) is 1. The molecule has 30 heavy (non-hydrogen) atoms. The number of nitrogens with one attached hydrogen (secondary N) is 2. The van der Waals surface area contributed by atoms with Crippen molar-refractivity contribution in [3.8, 4) is 5.88 Å². The number of pyridine rings is 1. The normalized spacial score (nSPS) is 17.5. The summed E-state index contributed by atoms with van der Waals surface area (Å²) >= 11 is 0. The zero-order chi connectivity index (χ0) is 20.9. The number of carbonyl (C=O) groups is 1. The Hall–Kier alpha value is -2.64. The summed E-state index contributed by atoms with van der Waals surface area (Å²) in [5.74, 6) is 0.809. The van der Waals surface area contributed by atoms with Gasteiger partial charge in [0.15, 0.2) is 0 Å². The standard InChI is InChI=1S/C23H30N4O3/c1-30-22-12-18(11-21(26-22)25-19-7-4-8-19)23(29)24-13-20(28)15-27-10-9-16-5-2-3-6-17(16)14-27/h2-3,5-6,11-12,19-20,28H,4,7-10,13-15H2,1H3,(H,24,29)(H,25,26)/t20-/m0/s1. The molecule has 1 aromatic carbocycles. The first-order valence-corrected chi connectivity index (χ1v) is 10.7. The second-order valence-electron chi connectivity index (χ2n) is 8.17. The van der Waals surface area contributed by atoms with E-state index in [-0.39, 0.29) is 12.5 Å². The number of fused-ring (bicyclic) bond motifs is 1. The summed E-state index contributed by atoms with van der Waals surface area (Å²) in [5.41, 5.74) is 3.17. The van der Waals surface area contributed by atoms with Gasteiger partial charge in [-0.05, 0) is 42.9 Å². The molecule has 4 rings (SSSR count). The molecule has 1 aromatic heterocycles. The minimum Gasteiger partial charge on any atom is -0.481 e. The molecule has 2 heterocycles. The highest BCUT2D eigenvalue weighted by Gasteiger charge is 2.21. The molecule has 0 saturated heterocycles. The van der Waals surface area contributed by atoms with Crippen LogP contribution < -0.4 is 15.4 Å². The minimum atomic E-state index is -0.629. The molecule has 0 spiro atoms. The molecule has 160 valence electrons. The van der Waals surface area contributed by atoms with Crippen molar-refractivity contribution in [2.24, 2.45) is 0 Å². The van der Waals surface area contributed by atoms with Crippen LogP contribution in [0.4, 0.5) is 5.82 Å². The van der Waals surface area contributed by atoms with Gasteiger partial charge in [0.25, 0.3) is 5.91 Å². The molecule has 1 aliphatic heterocycles. The molecule has 0 bridgehead atoms. The van der Waals surface area contributed by atoms with Gasteiger partial charge in [0.1, 0.15) is 5.82 Å². The maximum Gasteiger partial charge on any atom is 0.251 e. The van der Waals surface area contributed by atoms with E-state index in [0.29, 0.717) is 29.8 Å². The third-order valence-corrected chi connectivity index (χ3v) is 5.91. The maximum atomic E-state index is 12.6. The Labute approximate surface area is 177 Å². The first kappa shape index (κ1) is 20.6. The SMILES string of the molecule is COc1cc(C(=O)NC[C@H](O)CN2CCc3ccccc3C2)cc(NC2CCC2)n1. The van der Waals surface area contributed by atoms with Crippen LogP contribution in [0.3, 0.4) is 0 Å². The topological polar surface area (TPSA) is 86.7 Å². The van der Waals surface area contributed by atoms with Gasteiger partial charge in [0, 0.05) is 43.9 Å². The van der Waals surface area contributed by atoms with Crippen molar-refractivity contribution in [1.82, 2.24) is 15.2 Å². The molecule has 1 saturated carbocycles. The number of hydrogen-bond donors (Lipinski definition) is 3. The van der Waals surface area contributed by atoms with Crippen LogP contribution in [0.25, 0.3) is 0 Å². The molecular weight excluding hydrogens is 380 g/mol. The predicted octanol–water partition coefficient (Wildman–Crippen LogP) is 2.20. The summed E-state index contributed by atoms with van der Waals surface area (Å²) in [6.45, 7) is 2.48. The first-order valence-electron chi connectivity index (χ1n) is 10.7. The number of aliphatic hydroxyl groups excluding tert-OH is 1. The molecule has 1 atom stereocenters. The largest absolute Gasteiger partial charge is 0.481 e. The van der Waals surface area contributed by atoms with Gasteiger partial charge in [-0.15, -0.1) is 0 Å². The van der Waals surface area contributed by atoms with Crippen molar-refractivity contribution in [1.29, 1.82) is 0 Å². The molecule has 3 N–H and O–H groups in total. The van der Waals surface area contributed by atoms with Crippen LogP contribution in [0.1, 0.15) is 40.7 Å². The third kappa shape index (κ3) is 5.09. The van der Waals surface area contributed by atoms with Crippen molar-refractivity contribution in [3.05, 3.63) is 53.1 Å². The molecule has 7 heteroatoms. The molecule has 0 radical (unpaired) electrons. The van der Waals surface area contributed by atoms with Crippen LogP contribution in [0, 0.1) is 0 Å². The van der Waals surface area contributed by atoms with Crippen molar-refractivity contribution in [2.75, 3.05) is 32.1 Å². The zero-order valence-electron chi connectivity index (χ0n) is 17.4. The van der Waals surface area contributed by atoms with Gasteiger partial charge < -0.3 is 20.5 Å². The summed E-state index contributed by atoms with van der Waals surface area (Å²) in [4.78, 5) is 19.3. The van der Waals surface area contributed by atoms with E-state index in [2.05, 4.69) is 44.8 Å². The summed E-state index contributed by atoms with van der Waals surface area (Å²) < 4.78 is 5.25. The summed E-state index contributed by atoms with van der Waals surface area (Å²) in [6.07, 6.45) is 3.81. The van der Waals surface area contributed by atoms with Crippen LogP contribution in [0.5, 0.6) is 5.88 Å². The highest BCUT2D eigenvalue weighted by molar-refractivity contribution is 5.95. The number of hydrogen-bond acceptors (Lipinski definition) is 6. The molecule has 0 unspecified atom stereocenters. The van der Waals surface area contributed by atoms with Gasteiger partial charge in [-0.2, -0.15) is 4.98 Å². The molecule has 7 nitrogen and oxygen atoms in total. The van der Waals surface area contributed by atoms with E-state index in [0.717, 1.165) is 32.4 Å². The number of nitrogens with zero attached hydrogens (tertiary/aromatic N) is 2. The third-order valence-electron chi connectivity index (χ3n) is 5.91. The predicted molar refractivity (Wildman–Crippen MR) is 116 cm³/mol. The Morgan fingerprint density at radius 3 is 2.83 bits per heavy atom. The van der Waals surface area contributed by atoms with Gasteiger partial charge in [-0.1, -0.05) is 24.3 Å². The van der Waals surface area contributed by atoms with Crippen molar-refractivity contribution in [3.63, 3.8) is 0 Å². The Bertz CT molecular complexity index is 885. The van der Waals surface area contributed by atoms with Crippen LogP contribution in [-0.4, -0.2) is 59.8 Å². The van der Waals surface area contributed by atoms with E-state index < -0.39 is 6.10 Å². The zero-order valence-corrected chi connectivity index (χ0v) is 17.4. The number of rotatable bonds is 8. The van der Waals surface area contributed by atoms with E-state index in [1.807, 2.05) is 0 Å². The average Bonchev–Trinajstić information content (AvgIpc) is 2.74. The highest BCUT2D eigenvalue weighted by Crippen LogP contribution is 2.24. The quantitative estimate of drug-likeness (QED) is 0.619. The lowest BCUT2D eigenvalue weighted by atomic mass is 9.93.